The Bertz CT molecular complexity index is 880. The molecule has 0 spiro atoms. The van der Waals surface area contributed by atoms with Crippen LogP contribution in [0.3, 0.4) is 0 Å². The number of nitrogens with two attached hydrogens (primary N) is 1. The van der Waals surface area contributed by atoms with Crippen LogP contribution in [0, 0.1) is 0 Å². The molecule has 0 aliphatic rings. The number of hydrogen-bond donors (Lipinski definition) is 2. The number of aryl methyl sites for hydroxylation is 1. The Balaban J connectivity index is 1.96. The minimum Gasteiger partial charge on any atom is -0.424 e. The van der Waals surface area contributed by atoms with Crippen LogP contribution >= 0.6 is 0 Å². The molecule has 0 saturated heterocycles. The summed E-state index contributed by atoms with van der Waals surface area (Å²) in [6.45, 7) is 0. The van der Waals surface area contributed by atoms with Crippen molar-refractivity contribution in [3.63, 3.8) is 0 Å². The van der Waals surface area contributed by atoms with Gasteiger partial charge in [0.2, 0.25) is 0 Å². The van der Waals surface area contributed by atoms with Gasteiger partial charge in [-0.15, -0.1) is 0 Å². The summed E-state index contributed by atoms with van der Waals surface area (Å²) in [5.41, 5.74) is 6.76. The zero-order chi connectivity index (χ0) is 14.3. The van der Waals surface area contributed by atoms with Crippen molar-refractivity contribution in [2.24, 2.45) is 7.05 Å². The highest BCUT2D eigenvalue weighted by Crippen LogP contribution is 2.22. The fourth-order valence-electron chi connectivity index (χ4n) is 1.74. The molecule has 0 aliphatic carbocycles. The smallest absolute Gasteiger partial charge is 0.292 e. The summed E-state index contributed by atoms with van der Waals surface area (Å²) >= 11 is 0. The van der Waals surface area contributed by atoms with Crippen LogP contribution in [0.1, 0.15) is 0 Å². The van der Waals surface area contributed by atoms with Gasteiger partial charge in [-0.2, -0.15) is 13.4 Å². The number of anilines is 2. The third-order valence-corrected chi connectivity index (χ3v) is 3.88. The Morgan fingerprint density at radius 1 is 1.40 bits per heavy atom. The molecule has 0 aliphatic heterocycles. The van der Waals surface area contributed by atoms with Crippen molar-refractivity contribution in [1.29, 1.82) is 0 Å². The molecule has 0 amide bonds. The van der Waals surface area contributed by atoms with Gasteiger partial charge in [-0.25, -0.2) is 4.98 Å². The van der Waals surface area contributed by atoms with Crippen molar-refractivity contribution in [3.8, 4) is 0 Å². The maximum absolute atomic E-state index is 12.1. The van der Waals surface area contributed by atoms with Crippen LogP contribution in [0.4, 0.5) is 11.7 Å². The third-order valence-electron chi connectivity index (χ3n) is 2.61. The van der Waals surface area contributed by atoms with E-state index in [1.54, 1.807) is 23.7 Å². The third kappa shape index (κ3) is 2.18. The highest BCUT2D eigenvalue weighted by atomic mass is 32.2. The molecular formula is C11H11N5O3S. The molecule has 2 aromatic heterocycles. The largest absolute Gasteiger partial charge is 0.424 e. The number of sulfonamides is 1. The van der Waals surface area contributed by atoms with E-state index in [1.807, 2.05) is 0 Å². The van der Waals surface area contributed by atoms with Crippen molar-refractivity contribution >= 4 is 32.8 Å². The number of nitrogens with one attached hydrogen (secondary N) is 1. The van der Waals surface area contributed by atoms with Gasteiger partial charge in [-0.3, -0.25) is 4.72 Å². The van der Waals surface area contributed by atoms with E-state index in [2.05, 4.69) is 14.7 Å². The van der Waals surface area contributed by atoms with Crippen molar-refractivity contribution in [2.75, 3.05) is 10.5 Å². The van der Waals surface area contributed by atoms with Gasteiger partial charge < -0.3 is 14.7 Å². The molecule has 0 atom stereocenters. The fourth-order valence-corrected chi connectivity index (χ4v) is 2.78. The Morgan fingerprint density at radius 3 is 2.90 bits per heavy atom. The number of nitrogen functional groups attached to an aromatic ring is 1. The summed E-state index contributed by atoms with van der Waals surface area (Å²) in [5.74, 6) is 0. The quantitative estimate of drug-likeness (QED) is 0.742. The molecule has 3 N–H and O–H groups in total. The van der Waals surface area contributed by atoms with E-state index in [0.29, 0.717) is 16.8 Å². The van der Waals surface area contributed by atoms with E-state index in [4.69, 9.17) is 10.2 Å². The lowest BCUT2D eigenvalue weighted by molar-refractivity contribution is 0.598. The van der Waals surface area contributed by atoms with Crippen LogP contribution < -0.4 is 10.5 Å². The first kappa shape index (κ1) is 12.5. The predicted molar refractivity (Wildman–Crippen MR) is 72.4 cm³/mol. The zero-order valence-corrected chi connectivity index (χ0v) is 11.3. The lowest BCUT2D eigenvalue weighted by Crippen LogP contribution is -2.13. The summed E-state index contributed by atoms with van der Waals surface area (Å²) in [5, 5.41) is -0.0558. The van der Waals surface area contributed by atoms with Gasteiger partial charge in [0.25, 0.3) is 16.0 Å². The van der Waals surface area contributed by atoms with Crippen molar-refractivity contribution in [2.45, 2.75) is 5.03 Å². The maximum Gasteiger partial charge on any atom is 0.292 e. The zero-order valence-electron chi connectivity index (χ0n) is 10.4. The summed E-state index contributed by atoms with van der Waals surface area (Å²) in [6, 6.07) is 4.72. The summed E-state index contributed by atoms with van der Waals surface area (Å²) in [6.07, 6.45) is 2.82. The number of oxazole rings is 1. The SMILES string of the molecule is Cn1cnc(S(=O)(=O)Nc2ccc3oc(N)nc3c2)c1. The van der Waals surface area contributed by atoms with E-state index in [9.17, 15) is 8.42 Å². The van der Waals surface area contributed by atoms with Gasteiger partial charge >= 0.3 is 0 Å². The fraction of sp³-hybridized carbons (Fsp3) is 0.0909. The van der Waals surface area contributed by atoms with Crippen LogP contribution in [0.15, 0.2) is 40.2 Å². The topological polar surface area (TPSA) is 116 Å². The molecule has 8 nitrogen and oxygen atoms in total. The van der Waals surface area contributed by atoms with E-state index < -0.39 is 10.0 Å². The first-order valence-corrected chi connectivity index (χ1v) is 7.09. The molecule has 0 saturated carbocycles. The van der Waals surface area contributed by atoms with Gasteiger partial charge in [0.05, 0.1) is 12.0 Å². The molecule has 1 aromatic carbocycles. The Hall–Kier alpha value is -2.55. The molecule has 0 unspecified atom stereocenters. The first-order chi connectivity index (χ1) is 9.44. The molecule has 9 heteroatoms. The first-order valence-electron chi connectivity index (χ1n) is 5.61. The molecule has 0 radical (unpaired) electrons. The van der Waals surface area contributed by atoms with E-state index in [0.717, 1.165) is 0 Å². The molecule has 20 heavy (non-hydrogen) atoms. The van der Waals surface area contributed by atoms with Crippen LogP contribution in [0.5, 0.6) is 0 Å². The Labute approximate surface area is 114 Å². The van der Waals surface area contributed by atoms with E-state index >= 15 is 0 Å². The van der Waals surface area contributed by atoms with Crippen LogP contribution in [-0.4, -0.2) is 23.0 Å². The molecule has 104 valence electrons. The van der Waals surface area contributed by atoms with E-state index in [1.165, 1.54) is 18.6 Å². The molecular weight excluding hydrogens is 282 g/mol. The summed E-state index contributed by atoms with van der Waals surface area (Å²) in [7, 11) is -2.04. The maximum atomic E-state index is 12.1. The monoisotopic (exact) mass is 293 g/mol. The molecule has 2 heterocycles. The number of fused-ring (bicyclic) bond motifs is 1. The van der Waals surface area contributed by atoms with Crippen molar-refractivity contribution in [3.05, 3.63) is 30.7 Å². The highest BCUT2D eigenvalue weighted by molar-refractivity contribution is 7.92. The lowest BCUT2D eigenvalue weighted by Gasteiger charge is -2.04. The molecule has 3 aromatic rings. The number of rotatable bonds is 3. The standard InChI is InChI=1S/C11H11N5O3S/c1-16-5-10(13-6-16)20(17,18)15-7-2-3-9-8(4-7)14-11(12)19-9/h2-6,15H,1H3,(H2,12,14). The Morgan fingerprint density at radius 2 is 2.20 bits per heavy atom. The van der Waals surface area contributed by atoms with Crippen LogP contribution in [0.2, 0.25) is 0 Å². The highest BCUT2D eigenvalue weighted by Gasteiger charge is 2.17. The Kier molecular flexibility index (Phi) is 2.64. The van der Waals surface area contributed by atoms with E-state index in [-0.39, 0.29) is 11.0 Å². The van der Waals surface area contributed by atoms with Crippen LogP contribution in [0.25, 0.3) is 11.1 Å². The second kappa shape index (κ2) is 4.23. The number of imidazole rings is 1. The predicted octanol–water partition coefficient (Wildman–Crippen LogP) is 0.944. The van der Waals surface area contributed by atoms with Gasteiger partial charge in [-0.05, 0) is 18.2 Å². The second-order valence-corrected chi connectivity index (χ2v) is 5.85. The van der Waals surface area contributed by atoms with Crippen LogP contribution in [-0.2, 0) is 17.1 Å². The minimum absolute atomic E-state index is 0.0322. The molecule has 0 fully saturated rings. The minimum atomic E-state index is -3.73. The van der Waals surface area contributed by atoms with Gasteiger partial charge in [0, 0.05) is 13.2 Å². The summed E-state index contributed by atoms with van der Waals surface area (Å²) < 4.78 is 33.3. The van der Waals surface area contributed by atoms with Crippen molar-refractivity contribution < 1.29 is 12.8 Å². The average molecular weight is 293 g/mol. The van der Waals surface area contributed by atoms with Gasteiger partial charge in [0.15, 0.2) is 10.6 Å². The normalized spacial score (nSPS) is 11.8. The number of nitrogens with zero attached hydrogens (tertiary/aromatic N) is 3. The second-order valence-electron chi connectivity index (χ2n) is 4.22. The molecule has 0 bridgehead atoms. The number of benzene rings is 1. The van der Waals surface area contributed by atoms with Crippen molar-refractivity contribution in [1.82, 2.24) is 14.5 Å². The molecule has 3 rings (SSSR count). The van der Waals surface area contributed by atoms with Gasteiger partial charge in [-0.1, -0.05) is 0 Å². The summed E-state index contributed by atoms with van der Waals surface area (Å²) in [4.78, 5) is 7.75. The lowest BCUT2D eigenvalue weighted by atomic mass is 10.3. The average Bonchev–Trinajstić information content (AvgIpc) is 2.93. The number of hydrogen-bond acceptors (Lipinski definition) is 6. The number of aromatic nitrogens is 3. The van der Waals surface area contributed by atoms with Gasteiger partial charge in [0.1, 0.15) is 5.52 Å².